The second-order valence-corrected chi connectivity index (χ2v) is 3.68. The van der Waals surface area contributed by atoms with Crippen molar-refractivity contribution in [2.24, 2.45) is 0 Å². The van der Waals surface area contributed by atoms with Crippen LogP contribution in [0.3, 0.4) is 0 Å². The van der Waals surface area contributed by atoms with Gasteiger partial charge in [0.25, 0.3) is 5.91 Å². The van der Waals surface area contributed by atoms with Crippen molar-refractivity contribution < 1.29 is 9.18 Å². The standard InChI is InChI=1S/C9H6BrFN4O/c10-7-5(2-1-3-6(7)11)8(16)14-9-12-4-13-15-9/h1-4H,(H2,12,13,14,15,16). The first-order valence-corrected chi connectivity index (χ1v) is 5.08. The Hall–Kier alpha value is -1.76. The number of carbonyl (C=O) groups is 1. The molecular formula is C9H6BrFN4O. The molecule has 1 heterocycles. The van der Waals surface area contributed by atoms with Crippen LogP contribution in [0.15, 0.2) is 29.0 Å². The Balaban J connectivity index is 2.24. The van der Waals surface area contributed by atoms with Gasteiger partial charge in [-0.15, -0.1) is 0 Å². The van der Waals surface area contributed by atoms with Crippen LogP contribution >= 0.6 is 15.9 Å². The van der Waals surface area contributed by atoms with Crippen molar-refractivity contribution in [3.8, 4) is 0 Å². The van der Waals surface area contributed by atoms with Crippen molar-refractivity contribution in [2.45, 2.75) is 0 Å². The molecule has 0 spiro atoms. The number of nitrogens with zero attached hydrogens (tertiary/aromatic N) is 2. The number of nitrogens with one attached hydrogen (secondary N) is 2. The lowest BCUT2D eigenvalue weighted by Gasteiger charge is -2.04. The van der Waals surface area contributed by atoms with Crippen LogP contribution in [0.25, 0.3) is 0 Å². The predicted octanol–water partition coefficient (Wildman–Crippen LogP) is 1.96. The predicted molar refractivity (Wildman–Crippen MR) is 58.4 cm³/mol. The largest absolute Gasteiger partial charge is 0.291 e. The Labute approximate surface area is 98.2 Å². The van der Waals surface area contributed by atoms with E-state index in [4.69, 9.17) is 0 Å². The van der Waals surface area contributed by atoms with Crippen LogP contribution in [0, 0.1) is 5.82 Å². The zero-order valence-corrected chi connectivity index (χ0v) is 9.45. The molecule has 0 aliphatic heterocycles. The lowest BCUT2D eigenvalue weighted by Crippen LogP contribution is -2.14. The fourth-order valence-electron chi connectivity index (χ4n) is 1.12. The first-order chi connectivity index (χ1) is 7.68. The lowest BCUT2D eigenvalue weighted by atomic mass is 10.2. The van der Waals surface area contributed by atoms with E-state index in [1.807, 2.05) is 0 Å². The molecule has 1 aromatic carbocycles. The summed E-state index contributed by atoms with van der Waals surface area (Å²) in [6, 6.07) is 4.21. The van der Waals surface area contributed by atoms with E-state index in [9.17, 15) is 9.18 Å². The fraction of sp³-hybridized carbons (Fsp3) is 0. The van der Waals surface area contributed by atoms with Crippen LogP contribution in [0.5, 0.6) is 0 Å². The molecule has 5 nitrogen and oxygen atoms in total. The summed E-state index contributed by atoms with van der Waals surface area (Å²) in [6.45, 7) is 0. The summed E-state index contributed by atoms with van der Waals surface area (Å²) in [6.07, 6.45) is 1.26. The maximum atomic E-state index is 13.2. The normalized spacial score (nSPS) is 10.1. The number of carbonyl (C=O) groups excluding carboxylic acids is 1. The van der Waals surface area contributed by atoms with E-state index in [2.05, 4.69) is 36.4 Å². The van der Waals surface area contributed by atoms with E-state index < -0.39 is 11.7 Å². The number of hydrogen-bond acceptors (Lipinski definition) is 3. The quantitative estimate of drug-likeness (QED) is 0.886. The molecule has 0 saturated carbocycles. The van der Waals surface area contributed by atoms with Crippen molar-refractivity contribution in [2.75, 3.05) is 5.32 Å². The van der Waals surface area contributed by atoms with Crippen LogP contribution < -0.4 is 5.32 Å². The smallest absolute Gasteiger partial charge is 0.259 e. The van der Waals surface area contributed by atoms with Gasteiger partial charge in [-0.2, -0.15) is 10.1 Å². The number of hydrogen-bond donors (Lipinski definition) is 2. The monoisotopic (exact) mass is 284 g/mol. The number of rotatable bonds is 2. The molecule has 2 N–H and O–H groups in total. The molecule has 0 radical (unpaired) electrons. The first-order valence-electron chi connectivity index (χ1n) is 4.29. The molecule has 1 aromatic heterocycles. The fourth-order valence-corrected chi connectivity index (χ4v) is 1.56. The van der Waals surface area contributed by atoms with E-state index in [0.717, 1.165) is 0 Å². The highest BCUT2D eigenvalue weighted by atomic mass is 79.9. The second-order valence-electron chi connectivity index (χ2n) is 2.89. The summed E-state index contributed by atoms with van der Waals surface area (Å²) in [5, 5.41) is 8.48. The van der Waals surface area contributed by atoms with E-state index in [1.165, 1.54) is 24.5 Å². The molecule has 0 aliphatic carbocycles. The average Bonchev–Trinajstić information content (AvgIpc) is 2.74. The highest BCUT2D eigenvalue weighted by Gasteiger charge is 2.13. The SMILES string of the molecule is O=C(Nc1ncn[nH]1)c1cccc(F)c1Br. The van der Waals surface area contributed by atoms with Gasteiger partial charge in [0, 0.05) is 0 Å². The lowest BCUT2D eigenvalue weighted by molar-refractivity contribution is 0.102. The molecule has 0 bridgehead atoms. The van der Waals surface area contributed by atoms with Crippen molar-refractivity contribution in [1.82, 2.24) is 15.2 Å². The maximum Gasteiger partial charge on any atom is 0.259 e. The zero-order valence-electron chi connectivity index (χ0n) is 7.87. The van der Waals surface area contributed by atoms with Gasteiger partial charge in [-0.05, 0) is 28.1 Å². The minimum atomic E-state index is -0.495. The van der Waals surface area contributed by atoms with Crippen molar-refractivity contribution in [1.29, 1.82) is 0 Å². The van der Waals surface area contributed by atoms with Gasteiger partial charge >= 0.3 is 0 Å². The summed E-state index contributed by atoms with van der Waals surface area (Å²) in [4.78, 5) is 15.4. The summed E-state index contributed by atoms with van der Waals surface area (Å²) < 4.78 is 13.3. The third kappa shape index (κ3) is 2.08. The van der Waals surface area contributed by atoms with Crippen LogP contribution in [-0.4, -0.2) is 21.1 Å². The van der Waals surface area contributed by atoms with Crippen LogP contribution in [0.1, 0.15) is 10.4 Å². The van der Waals surface area contributed by atoms with Gasteiger partial charge in [0.05, 0.1) is 10.0 Å². The van der Waals surface area contributed by atoms with E-state index >= 15 is 0 Å². The molecule has 7 heteroatoms. The third-order valence-corrected chi connectivity index (χ3v) is 2.65. The Morgan fingerprint density at radius 3 is 3.00 bits per heavy atom. The molecular weight excluding hydrogens is 279 g/mol. The molecule has 16 heavy (non-hydrogen) atoms. The topological polar surface area (TPSA) is 70.7 Å². The highest BCUT2D eigenvalue weighted by Crippen LogP contribution is 2.20. The maximum absolute atomic E-state index is 13.2. The van der Waals surface area contributed by atoms with Gasteiger partial charge in [0.15, 0.2) is 0 Å². The van der Waals surface area contributed by atoms with Crippen molar-refractivity contribution in [3.63, 3.8) is 0 Å². The van der Waals surface area contributed by atoms with Gasteiger partial charge in [0.2, 0.25) is 5.95 Å². The Morgan fingerprint density at radius 1 is 1.50 bits per heavy atom. The molecule has 2 rings (SSSR count). The van der Waals surface area contributed by atoms with E-state index in [0.29, 0.717) is 0 Å². The van der Waals surface area contributed by atoms with Gasteiger partial charge in [-0.1, -0.05) is 6.07 Å². The Bertz CT molecular complexity index is 514. The summed E-state index contributed by atoms with van der Waals surface area (Å²) in [7, 11) is 0. The number of anilines is 1. The molecule has 0 unspecified atom stereocenters. The summed E-state index contributed by atoms with van der Waals surface area (Å²) >= 11 is 3.00. The molecule has 1 amide bonds. The van der Waals surface area contributed by atoms with Gasteiger partial charge in [-0.3, -0.25) is 10.1 Å². The van der Waals surface area contributed by atoms with Crippen molar-refractivity contribution >= 4 is 27.8 Å². The molecule has 0 saturated heterocycles. The van der Waals surface area contributed by atoms with Crippen LogP contribution in [0.4, 0.5) is 10.3 Å². The highest BCUT2D eigenvalue weighted by molar-refractivity contribution is 9.10. The minimum absolute atomic E-state index is 0.118. The van der Waals surface area contributed by atoms with Gasteiger partial charge < -0.3 is 0 Å². The number of H-pyrrole nitrogens is 1. The van der Waals surface area contributed by atoms with E-state index in [1.54, 1.807) is 0 Å². The molecule has 0 atom stereocenters. The van der Waals surface area contributed by atoms with Crippen LogP contribution in [0.2, 0.25) is 0 Å². The summed E-state index contributed by atoms with van der Waals surface area (Å²) in [5.41, 5.74) is 0.191. The number of aromatic nitrogens is 3. The molecule has 0 aliphatic rings. The van der Waals surface area contributed by atoms with Crippen LogP contribution in [-0.2, 0) is 0 Å². The van der Waals surface area contributed by atoms with E-state index in [-0.39, 0.29) is 16.0 Å². The van der Waals surface area contributed by atoms with Crippen molar-refractivity contribution in [3.05, 3.63) is 40.4 Å². The number of benzene rings is 1. The Kier molecular flexibility index (Phi) is 2.95. The number of aromatic amines is 1. The Morgan fingerprint density at radius 2 is 2.31 bits per heavy atom. The second kappa shape index (κ2) is 4.40. The number of halogens is 2. The van der Waals surface area contributed by atoms with Gasteiger partial charge in [0.1, 0.15) is 12.1 Å². The summed E-state index contributed by atoms with van der Waals surface area (Å²) in [5.74, 6) is -0.755. The molecule has 0 fully saturated rings. The molecule has 2 aromatic rings. The first kappa shape index (κ1) is 10.7. The third-order valence-electron chi connectivity index (χ3n) is 1.84. The van der Waals surface area contributed by atoms with Gasteiger partial charge in [-0.25, -0.2) is 9.49 Å². The average molecular weight is 285 g/mol. The zero-order chi connectivity index (χ0) is 11.5. The molecule has 82 valence electrons. The minimum Gasteiger partial charge on any atom is -0.291 e. The number of amides is 1.